The second-order valence-corrected chi connectivity index (χ2v) is 8.40. The van der Waals surface area contributed by atoms with Gasteiger partial charge in [-0.25, -0.2) is 0 Å². The summed E-state index contributed by atoms with van der Waals surface area (Å²) in [6.07, 6.45) is 11.9. The average molecular weight is 297 g/mol. The fourth-order valence-corrected chi connectivity index (χ4v) is 3.61. The molecular weight excluding hydrogens is 256 g/mol. The maximum absolute atomic E-state index is 3.92. The van der Waals surface area contributed by atoms with Crippen LogP contribution < -0.4 is 10.6 Å². The van der Waals surface area contributed by atoms with Crippen LogP contribution in [0.2, 0.25) is 0 Å². The Bertz CT molecular complexity index is 273. The van der Waals surface area contributed by atoms with Gasteiger partial charge in [-0.3, -0.25) is 0 Å². The molecule has 21 heavy (non-hydrogen) atoms. The first-order valence-corrected chi connectivity index (χ1v) is 9.33. The molecule has 0 aromatic heterocycles. The van der Waals surface area contributed by atoms with E-state index in [0.717, 1.165) is 6.04 Å². The molecule has 0 atom stereocenters. The van der Waals surface area contributed by atoms with Crippen molar-refractivity contribution in [2.45, 2.75) is 122 Å². The van der Waals surface area contributed by atoms with Crippen molar-refractivity contribution in [2.24, 2.45) is 0 Å². The first-order chi connectivity index (χ1) is 9.78. The van der Waals surface area contributed by atoms with Crippen LogP contribution in [0.1, 0.15) is 99.3 Å². The van der Waals surface area contributed by atoms with Crippen molar-refractivity contribution in [1.29, 1.82) is 0 Å². The summed E-state index contributed by atoms with van der Waals surface area (Å²) < 4.78 is 0. The topological polar surface area (TPSA) is 24.1 Å². The molecule has 0 bridgehead atoms. The molecule has 1 aliphatic carbocycles. The van der Waals surface area contributed by atoms with Crippen molar-refractivity contribution < 1.29 is 0 Å². The third kappa shape index (κ3) is 7.65. The molecule has 1 saturated carbocycles. The van der Waals surface area contributed by atoms with Crippen LogP contribution in [-0.4, -0.2) is 23.2 Å². The Labute approximate surface area is 133 Å². The first-order valence-electron chi connectivity index (χ1n) is 9.33. The monoisotopic (exact) mass is 296 g/mol. The Morgan fingerprint density at radius 1 is 0.857 bits per heavy atom. The van der Waals surface area contributed by atoms with Crippen LogP contribution in [0.3, 0.4) is 0 Å². The Kier molecular flexibility index (Phi) is 7.70. The van der Waals surface area contributed by atoms with Gasteiger partial charge in [0.05, 0.1) is 0 Å². The number of nitrogens with one attached hydrogen (secondary N) is 2. The van der Waals surface area contributed by atoms with E-state index in [2.05, 4.69) is 52.2 Å². The Hall–Kier alpha value is -0.0800. The summed E-state index contributed by atoms with van der Waals surface area (Å²) in [7, 11) is 0. The molecule has 1 fully saturated rings. The number of hydrogen-bond donors (Lipinski definition) is 2. The molecule has 0 saturated heterocycles. The molecule has 0 spiro atoms. The summed E-state index contributed by atoms with van der Waals surface area (Å²) in [6.45, 7) is 14.1. The molecule has 126 valence electrons. The second-order valence-electron chi connectivity index (χ2n) is 8.40. The molecule has 2 nitrogen and oxygen atoms in total. The molecular formula is C19H40N2. The lowest BCUT2D eigenvalue weighted by molar-refractivity contribution is 0.226. The summed E-state index contributed by atoms with van der Waals surface area (Å²) in [6, 6.07) is 1.42. The highest BCUT2D eigenvalue weighted by Crippen LogP contribution is 2.24. The van der Waals surface area contributed by atoms with Gasteiger partial charge in [0.1, 0.15) is 0 Å². The van der Waals surface area contributed by atoms with E-state index in [4.69, 9.17) is 0 Å². The molecule has 1 aliphatic rings. The van der Waals surface area contributed by atoms with Crippen molar-refractivity contribution in [3.05, 3.63) is 0 Å². The summed E-state index contributed by atoms with van der Waals surface area (Å²) in [5, 5.41) is 7.76. The standard InChI is InChI=1S/C19H40N2/c1-7-16(8-2)20-18(3,4)14-15-19(5,6)21-17-12-10-9-11-13-17/h16-17,20-21H,7-15H2,1-6H3. The SMILES string of the molecule is CCC(CC)NC(C)(C)CCC(C)(C)NC1CCCCC1. The highest BCUT2D eigenvalue weighted by molar-refractivity contribution is 4.89. The van der Waals surface area contributed by atoms with Gasteiger partial charge in [0.15, 0.2) is 0 Å². The van der Waals surface area contributed by atoms with Gasteiger partial charge < -0.3 is 10.6 Å². The molecule has 0 heterocycles. The fourth-order valence-electron chi connectivity index (χ4n) is 3.61. The minimum absolute atomic E-state index is 0.238. The van der Waals surface area contributed by atoms with Gasteiger partial charge in [-0.15, -0.1) is 0 Å². The summed E-state index contributed by atoms with van der Waals surface area (Å²) >= 11 is 0. The van der Waals surface area contributed by atoms with Crippen LogP contribution in [-0.2, 0) is 0 Å². The van der Waals surface area contributed by atoms with E-state index >= 15 is 0 Å². The molecule has 0 unspecified atom stereocenters. The lowest BCUT2D eigenvalue weighted by atomic mass is 9.86. The molecule has 2 heteroatoms. The zero-order chi connectivity index (χ0) is 15.9. The predicted octanol–water partition coefficient (Wildman–Crippen LogP) is 5.02. The molecule has 0 aromatic carbocycles. The van der Waals surface area contributed by atoms with Gasteiger partial charge >= 0.3 is 0 Å². The van der Waals surface area contributed by atoms with Gasteiger partial charge in [-0.2, -0.15) is 0 Å². The van der Waals surface area contributed by atoms with Crippen molar-refractivity contribution >= 4 is 0 Å². The van der Waals surface area contributed by atoms with Gasteiger partial charge in [-0.1, -0.05) is 33.1 Å². The fraction of sp³-hybridized carbons (Fsp3) is 1.00. The largest absolute Gasteiger partial charge is 0.309 e. The molecule has 0 aliphatic heterocycles. The highest BCUT2D eigenvalue weighted by Gasteiger charge is 2.27. The van der Waals surface area contributed by atoms with Crippen LogP contribution in [0.25, 0.3) is 0 Å². The highest BCUT2D eigenvalue weighted by atomic mass is 15.0. The van der Waals surface area contributed by atoms with E-state index in [9.17, 15) is 0 Å². The number of rotatable bonds is 9. The molecule has 0 radical (unpaired) electrons. The predicted molar refractivity (Wildman–Crippen MR) is 94.9 cm³/mol. The number of hydrogen-bond acceptors (Lipinski definition) is 2. The van der Waals surface area contributed by atoms with E-state index in [-0.39, 0.29) is 11.1 Å². The van der Waals surface area contributed by atoms with Gasteiger partial charge in [0.2, 0.25) is 0 Å². The first kappa shape index (κ1) is 19.0. The Morgan fingerprint density at radius 2 is 1.38 bits per heavy atom. The van der Waals surface area contributed by atoms with Crippen LogP contribution >= 0.6 is 0 Å². The minimum Gasteiger partial charge on any atom is -0.309 e. The maximum atomic E-state index is 3.92. The van der Waals surface area contributed by atoms with Crippen LogP contribution in [0, 0.1) is 0 Å². The maximum Gasteiger partial charge on any atom is 0.0128 e. The summed E-state index contributed by atoms with van der Waals surface area (Å²) in [5.41, 5.74) is 0.497. The van der Waals surface area contributed by atoms with Crippen molar-refractivity contribution in [3.63, 3.8) is 0 Å². The Balaban J connectivity index is 2.39. The summed E-state index contributed by atoms with van der Waals surface area (Å²) in [4.78, 5) is 0. The molecule has 0 aromatic rings. The Morgan fingerprint density at radius 3 is 1.90 bits per heavy atom. The van der Waals surface area contributed by atoms with Gasteiger partial charge in [-0.05, 0) is 66.2 Å². The van der Waals surface area contributed by atoms with E-state index in [0.29, 0.717) is 6.04 Å². The van der Waals surface area contributed by atoms with Crippen LogP contribution in [0.5, 0.6) is 0 Å². The average Bonchev–Trinajstić information content (AvgIpc) is 2.44. The van der Waals surface area contributed by atoms with E-state index in [1.165, 1.54) is 57.8 Å². The van der Waals surface area contributed by atoms with Crippen molar-refractivity contribution in [2.75, 3.05) is 0 Å². The van der Waals surface area contributed by atoms with Crippen LogP contribution in [0.15, 0.2) is 0 Å². The normalized spacial score (nSPS) is 18.4. The third-order valence-electron chi connectivity index (χ3n) is 5.16. The molecule has 1 rings (SSSR count). The smallest absolute Gasteiger partial charge is 0.0128 e. The second kappa shape index (κ2) is 8.53. The van der Waals surface area contributed by atoms with E-state index in [1.54, 1.807) is 0 Å². The molecule has 0 amide bonds. The zero-order valence-corrected chi connectivity index (χ0v) is 15.5. The molecule has 2 N–H and O–H groups in total. The van der Waals surface area contributed by atoms with E-state index < -0.39 is 0 Å². The quantitative estimate of drug-likeness (QED) is 0.624. The van der Waals surface area contributed by atoms with Crippen molar-refractivity contribution in [1.82, 2.24) is 10.6 Å². The third-order valence-corrected chi connectivity index (χ3v) is 5.16. The summed E-state index contributed by atoms with van der Waals surface area (Å²) in [5.74, 6) is 0. The zero-order valence-electron chi connectivity index (χ0n) is 15.5. The van der Waals surface area contributed by atoms with Gasteiger partial charge in [0.25, 0.3) is 0 Å². The lowest BCUT2D eigenvalue weighted by Gasteiger charge is -2.38. The lowest BCUT2D eigenvalue weighted by Crippen LogP contribution is -2.50. The van der Waals surface area contributed by atoms with Crippen molar-refractivity contribution in [3.8, 4) is 0 Å². The van der Waals surface area contributed by atoms with Crippen LogP contribution in [0.4, 0.5) is 0 Å². The van der Waals surface area contributed by atoms with E-state index in [1.807, 2.05) is 0 Å². The van der Waals surface area contributed by atoms with Gasteiger partial charge in [0, 0.05) is 23.2 Å². The minimum atomic E-state index is 0.238.